The number of rotatable bonds is 2. The maximum absolute atomic E-state index is 12.0. The molecule has 18 heavy (non-hydrogen) atoms. The monoisotopic (exact) mass is 263 g/mol. The first-order chi connectivity index (χ1) is 8.72. The predicted molar refractivity (Wildman–Crippen MR) is 72.1 cm³/mol. The number of aliphatic hydroxyl groups excluding tert-OH is 1. The molecule has 3 nitrogen and oxygen atoms in total. The van der Waals surface area contributed by atoms with Crippen LogP contribution in [0.4, 0.5) is 0 Å². The van der Waals surface area contributed by atoms with E-state index in [0.29, 0.717) is 6.54 Å². The first-order valence-electron chi connectivity index (χ1n) is 6.17. The van der Waals surface area contributed by atoms with Crippen LogP contribution in [0.25, 0.3) is 0 Å². The summed E-state index contributed by atoms with van der Waals surface area (Å²) < 4.78 is 0. The van der Waals surface area contributed by atoms with E-state index < -0.39 is 0 Å². The van der Waals surface area contributed by atoms with E-state index in [4.69, 9.17) is 5.11 Å². The third kappa shape index (κ3) is 2.92. The molecule has 96 valence electrons. The summed E-state index contributed by atoms with van der Waals surface area (Å²) in [6, 6.07) is 1.94. The highest BCUT2D eigenvalue weighted by atomic mass is 32.1. The van der Waals surface area contributed by atoms with Gasteiger partial charge >= 0.3 is 0 Å². The van der Waals surface area contributed by atoms with Gasteiger partial charge in [0.25, 0.3) is 0 Å². The quantitative estimate of drug-likeness (QED) is 0.827. The molecule has 1 aromatic rings. The van der Waals surface area contributed by atoms with Crippen LogP contribution in [0, 0.1) is 17.8 Å². The molecule has 1 aliphatic heterocycles. The Labute approximate surface area is 111 Å². The fourth-order valence-electron chi connectivity index (χ4n) is 2.17. The fourth-order valence-corrected chi connectivity index (χ4v) is 3.02. The molecule has 1 aromatic heterocycles. The lowest BCUT2D eigenvalue weighted by molar-refractivity contribution is -0.138. The fraction of sp³-hybridized carbons (Fsp3) is 0.500. The van der Waals surface area contributed by atoms with Crippen LogP contribution in [0.2, 0.25) is 0 Å². The van der Waals surface area contributed by atoms with Gasteiger partial charge in [-0.3, -0.25) is 4.79 Å². The third-order valence-corrected chi connectivity index (χ3v) is 4.09. The standard InChI is InChI=1S/C14H17NO2S/c1-11-4-2-7-15(14(11)17)10-13-12(5-3-8-16)6-9-18-13/h6,9,11,16H,2,4,7-8,10H2,1H3. The van der Waals surface area contributed by atoms with Crippen LogP contribution in [0.15, 0.2) is 11.4 Å². The van der Waals surface area contributed by atoms with Crippen molar-refractivity contribution in [3.05, 3.63) is 21.9 Å². The van der Waals surface area contributed by atoms with Crippen LogP contribution in [0.3, 0.4) is 0 Å². The summed E-state index contributed by atoms with van der Waals surface area (Å²) in [6.07, 6.45) is 2.08. The molecule has 1 N–H and O–H groups in total. The van der Waals surface area contributed by atoms with E-state index in [2.05, 4.69) is 11.8 Å². The molecule has 1 aliphatic rings. The van der Waals surface area contributed by atoms with Crippen molar-refractivity contribution < 1.29 is 9.90 Å². The Morgan fingerprint density at radius 1 is 1.61 bits per heavy atom. The molecule has 1 unspecified atom stereocenters. The topological polar surface area (TPSA) is 40.5 Å². The number of carbonyl (C=O) groups excluding carboxylic acids is 1. The highest BCUT2D eigenvalue weighted by molar-refractivity contribution is 7.10. The summed E-state index contributed by atoms with van der Waals surface area (Å²) in [5.74, 6) is 5.98. The van der Waals surface area contributed by atoms with Crippen LogP contribution in [-0.2, 0) is 11.3 Å². The van der Waals surface area contributed by atoms with Gasteiger partial charge in [0.15, 0.2) is 0 Å². The zero-order valence-electron chi connectivity index (χ0n) is 10.5. The lowest BCUT2D eigenvalue weighted by Gasteiger charge is -2.30. The van der Waals surface area contributed by atoms with E-state index in [-0.39, 0.29) is 18.4 Å². The molecule has 4 heteroatoms. The first kappa shape index (κ1) is 13.1. The molecule has 1 amide bonds. The average Bonchev–Trinajstić information content (AvgIpc) is 2.80. The molecule has 1 saturated heterocycles. The van der Waals surface area contributed by atoms with Crippen molar-refractivity contribution in [2.24, 2.45) is 5.92 Å². The lowest BCUT2D eigenvalue weighted by Crippen LogP contribution is -2.39. The van der Waals surface area contributed by atoms with Crippen LogP contribution < -0.4 is 0 Å². The smallest absolute Gasteiger partial charge is 0.225 e. The van der Waals surface area contributed by atoms with Crippen molar-refractivity contribution in [1.29, 1.82) is 0 Å². The Kier molecular flexibility index (Phi) is 4.40. The summed E-state index contributed by atoms with van der Waals surface area (Å²) in [4.78, 5) is 15.1. The predicted octanol–water partition coefficient (Wildman–Crippen LogP) is 1.85. The summed E-state index contributed by atoms with van der Waals surface area (Å²) in [6.45, 7) is 3.36. The molecule has 2 rings (SSSR count). The SMILES string of the molecule is CC1CCCN(Cc2sccc2C#CCO)C1=O. The van der Waals surface area contributed by atoms with Crippen LogP contribution in [0.1, 0.15) is 30.2 Å². The van der Waals surface area contributed by atoms with Gasteiger partial charge in [-0.25, -0.2) is 0 Å². The lowest BCUT2D eigenvalue weighted by atomic mass is 9.99. The molecular weight excluding hydrogens is 246 g/mol. The van der Waals surface area contributed by atoms with E-state index in [9.17, 15) is 4.79 Å². The third-order valence-electron chi connectivity index (χ3n) is 3.18. The zero-order valence-corrected chi connectivity index (χ0v) is 11.3. The van der Waals surface area contributed by atoms with Gasteiger partial charge in [0, 0.05) is 22.9 Å². The van der Waals surface area contributed by atoms with Crippen molar-refractivity contribution in [2.75, 3.05) is 13.2 Å². The Balaban J connectivity index is 2.09. The van der Waals surface area contributed by atoms with E-state index in [1.54, 1.807) is 11.3 Å². The number of aliphatic hydroxyl groups is 1. The number of likely N-dealkylation sites (tertiary alicyclic amines) is 1. The maximum Gasteiger partial charge on any atom is 0.225 e. The largest absolute Gasteiger partial charge is 0.384 e. The molecule has 1 atom stereocenters. The summed E-state index contributed by atoms with van der Waals surface area (Å²) in [5, 5.41) is 10.7. The average molecular weight is 263 g/mol. The van der Waals surface area contributed by atoms with Gasteiger partial charge in [-0.2, -0.15) is 0 Å². The summed E-state index contributed by atoms with van der Waals surface area (Å²) >= 11 is 1.62. The number of thiophene rings is 1. The van der Waals surface area contributed by atoms with Gasteiger partial charge in [-0.1, -0.05) is 18.8 Å². The molecule has 0 bridgehead atoms. The van der Waals surface area contributed by atoms with Gasteiger partial charge in [-0.15, -0.1) is 11.3 Å². The number of piperidine rings is 1. The van der Waals surface area contributed by atoms with Crippen LogP contribution >= 0.6 is 11.3 Å². The first-order valence-corrected chi connectivity index (χ1v) is 7.05. The van der Waals surface area contributed by atoms with Gasteiger partial charge in [-0.05, 0) is 24.3 Å². The van der Waals surface area contributed by atoms with Gasteiger partial charge < -0.3 is 10.0 Å². The Bertz CT molecular complexity index is 483. The number of carbonyl (C=O) groups is 1. The van der Waals surface area contributed by atoms with Crippen LogP contribution in [-0.4, -0.2) is 29.1 Å². The number of hydrogen-bond donors (Lipinski definition) is 1. The van der Waals surface area contributed by atoms with Crippen molar-refractivity contribution in [3.63, 3.8) is 0 Å². The van der Waals surface area contributed by atoms with Crippen LogP contribution in [0.5, 0.6) is 0 Å². The van der Waals surface area contributed by atoms with E-state index in [1.165, 1.54) is 0 Å². The second-order valence-corrected chi connectivity index (χ2v) is 5.52. The van der Waals surface area contributed by atoms with Gasteiger partial charge in [0.05, 0.1) is 6.54 Å². The molecule has 1 fully saturated rings. The molecule has 0 aliphatic carbocycles. The Morgan fingerprint density at radius 3 is 3.22 bits per heavy atom. The Morgan fingerprint density at radius 2 is 2.44 bits per heavy atom. The van der Waals surface area contributed by atoms with E-state index in [1.807, 2.05) is 23.3 Å². The number of hydrogen-bond acceptors (Lipinski definition) is 3. The molecular formula is C14H17NO2S. The maximum atomic E-state index is 12.0. The molecule has 0 radical (unpaired) electrons. The molecule has 0 spiro atoms. The zero-order chi connectivity index (χ0) is 13.0. The number of amides is 1. The van der Waals surface area contributed by atoms with E-state index in [0.717, 1.165) is 29.8 Å². The summed E-state index contributed by atoms with van der Waals surface area (Å²) in [7, 11) is 0. The highest BCUT2D eigenvalue weighted by Crippen LogP contribution is 2.23. The van der Waals surface area contributed by atoms with Crippen molar-refractivity contribution >= 4 is 17.2 Å². The minimum Gasteiger partial charge on any atom is -0.384 e. The normalized spacial score (nSPS) is 19.6. The van der Waals surface area contributed by atoms with Crippen molar-refractivity contribution in [2.45, 2.75) is 26.3 Å². The van der Waals surface area contributed by atoms with Gasteiger partial charge in [0.1, 0.15) is 6.61 Å². The second kappa shape index (κ2) is 6.03. The summed E-state index contributed by atoms with van der Waals surface area (Å²) in [5.41, 5.74) is 0.931. The van der Waals surface area contributed by atoms with E-state index >= 15 is 0 Å². The molecule has 0 aromatic carbocycles. The molecule has 2 heterocycles. The van der Waals surface area contributed by atoms with Crippen molar-refractivity contribution in [3.8, 4) is 11.8 Å². The second-order valence-electron chi connectivity index (χ2n) is 4.52. The highest BCUT2D eigenvalue weighted by Gasteiger charge is 2.25. The van der Waals surface area contributed by atoms with Gasteiger partial charge in [0.2, 0.25) is 5.91 Å². The van der Waals surface area contributed by atoms with Crippen molar-refractivity contribution in [1.82, 2.24) is 4.90 Å². The minimum atomic E-state index is -0.130. The molecule has 0 saturated carbocycles. The number of nitrogens with zero attached hydrogens (tertiary/aromatic N) is 1. The minimum absolute atomic E-state index is 0.130. The Hall–Kier alpha value is -1.31.